The molecule has 5 aliphatic carbocycles. The second-order valence-corrected chi connectivity index (χ2v) is 14.7. The Kier molecular flexibility index (Phi) is 6.16. The Morgan fingerprint density at radius 1 is 1.00 bits per heavy atom. The second kappa shape index (κ2) is 8.26. The number of hydrogen-bond donors (Lipinski definition) is 6. The summed E-state index contributed by atoms with van der Waals surface area (Å²) in [6.07, 6.45) is 6.22. The van der Waals surface area contributed by atoms with E-state index in [-0.39, 0.29) is 42.3 Å². The highest BCUT2D eigenvalue weighted by atomic mass is 16.4. The van der Waals surface area contributed by atoms with Crippen LogP contribution in [0.25, 0.3) is 0 Å². The molecule has 7 heteroatoms. The molecule has 7 nitrogen and oxygen atoms in total. The van der Waals surface area contributed by atoms with E-state index in [9.17, 15) is 35.4 Å². The van der Waals surface area contributed by atoms with Crippen LogP contribution < -0.4 is 0 Å². The third-order valence-corrected chi connectivity index (χ3v) is 13.7. The highest BCUT2D eigenvalue weighted by Gasteiger charge is 2.76. The van der Waals surface area contributed by atoms with Crippen LogP contribution in [0.2, 0.25) is 0 Å². The number of carboxylic acid groups (broad SMARTS) is 1. The van der Waals surface area contributed by atoms with Gasteiger partial charge in [-0.2, -0.15) is 0 Å². The van der Waals surface area contributed by atoms with Crippen molar-refractivity contribution >= 4 is 5.97 Å². The van der Waals surface area contributed by atoms with Crippen LogP contribution in [-0.4, -0.2) is 67.6 Å². The fourth-order valence-corrected chi connectivity index (χ4v) is 11.3. The average Bonchev–Trinajstić information content (AvgIpc) is 2.83. The number of aliphatic hydroxyl groups is 5. The maximum Gasteiger partial charge on any atom is 0.310 e. The lowest BCUT2D eigenvalue weighted by molar-refractivity contribution is -0.287. The number of aliphatic carboxylic acids is 1. The van der Waals surface area contributed by atoms with Crippen LogP contribution in [-0.2, 0) is 4.79 Å². The third kappa shape index (κ3) is 3.04. The first-order valence-electron chi connectivity index (χ1n) is 14.4. The number of carboxylic acids is 1. The maximum absolute atomic E-state index is 12.9. The molecule has 0 amide bonds. The Morgan fingerprint density at radius 2 is 1.68 bits per heavy atom. The van der Waals surface area contributed by atoms with E-state index >= 15 is 0 Å². The molecule has 0 aromatic carbocycles. The van der Waals surface area contributed by atoms with E-state index in [1.54, 1.807) is 0 Å². The zero-order chi connectivity index (χ0) is 27.4. The summed E-state index contributed by atoms with van der Waals surface area (Å²) in [6, 6.07) is 0. The minimum Gasteiger partial charge on any atom is -0.481 e. The molecule has 4 fully saturated rings. The van der Waals surface area contributed by atoms with Crippen molar-refractivity contribution in [3.63, 3.8) is 0 Å². The van der Waals surface area contributed by atoms with Gasteiger partial charge in [0.15, 0.2) is 0 Å². The van der Waals surface area contributed by atoms with Crippen LogP contribution in [0.3, 0.4) is 0 Å². The maximum atomic E-state index is 12.9. The van der Waals surface area contributed by atoms with Crippen LogP contribution in [0.15, 0.2) is 12.2 Å². The number of allylic oxidation sites excluding steroid dienone is 1. The molecule has 0 heterocycles. The highest BCUT2D eigenvalue weighted by Crippen LogP contribution is 2.76. The van der Waals surface area contributed by atoms with E-state index in [0.717, 1.165) is 12.8 Å². The molecular weight excluding hydrogens is 472 g/mol. The van der Waals surface area contributed by atoms with Gasteiger partial charge in [0.25, 0.3) is 0 Å². The Hall–Kier alpha value is -0.990. The predicted molar refractivity (Wildman–Crippen MR) is 138 cm³/mol. The van der Waals surface area contributed by atoms with Crippen molar-refractivity contribution < 1.29 is 35.4 Å². The van der Waals surface area contributed by atoms with Gasteiger partial charge in [-0.25, -0.2) is 0 Å². The Morgan fingerprint density at radius 3 is 2.27 bits per heavy atom. The number of rotatable bonds is 3. The molecule has 0 spiro atoms. The van der Waals surface area contributed by atoms with E-state index in [2.05, 4.69) is 26.8 Å². The van der Waals surface area contributed by atoms with Crippen molar-refractivity contribution in [2.24, 2.45) is 56.7 Å². The summed E-state index contributed by atoms with van der Waals surface area (Å²) in [4.78, 5) is 12.9. The van der Waals surface area contributed by atoms with Gasteiger partial charge in [0.2, 0.25) is 0 Å². The first-order valence-corrected chi connectivity index (χ1v) is 14.4. The number of aliphatic hydroxyl groups excluding tert-OH is 4. The van der Waals surface area contributed by atoms with E-state index in [1.807, 2.05) is 19.9 Å². The molecule has 5 aliphatic rings. The lowest BCUT2D eigenvalue weighted by Gasteiger charge is -2.74. The summed E-state index contributed by atoms with van der Waals surface area (Å²) in [5, 5.41) is 65.8. The van der Waals surface area contributed by atoms with E-state index in [0.29, 0.717) is 32.1 Å². The molecule has 6 N–H and O–H groups in total. The third-order valence-electron chi connectivity index (χ3n) is 13.7. The molecule has 37 heavy (non-hydrogen) atoms. The molecule has 0 saturated heterocycles. The standard InChI is InChI=1S/C30H48O7/c1-17-18(15-31)6-10-29(24(35)36)13-12-28(5)27(4)9-7-20-25(2,14-19(33)23(34)26(20,3)16-32)21(27)8-11-30(28,37)22(17)29/h8,11,17-23,31-34,37H,6-7,9-10,12-16H2,1-5H3,(H,35,36)/t17-,18-,19+,20?,21?,22?,23-,25-,26-,27+,28-,29-,30-/m0/s1. The van der Waals surface area contributed by atoms with Crippen molar-refractivity contribution in [3.05, 3.63) is 12.2 Å². The van der Waals surface area contributed by atoms with Crippen molar-refractivity contribution in [3.8, 4) is 0 Å². The summed E-state index contributed by atoms with van der Waals surface area (Å²) in [5.74, 6) is -1.56. The lowest BCUT2D eigenvalue weighted by Crippen LogP contribution is -2.74. The minimum atomic E-state index is -1.35. The number of fused-ring (bicyclic) bond motifs is 7. The van der Waals surface area contributed by atoms with E-state index < -0.39 is 51.4 Å². The molecule has 13 atom stereocenters. The van der Waals surface area contributed by atoms with Gasteiger partial charge in [-0.3, -0.25) is 4.79 Å². The van der Waals surface area contributed by atoms with Crippen LogP contribution in [0.5, 0.6) is 0 Å². The van der Waals surface area contributed by atoms with Crippen LogP contribution in [0.1, 0.15) is 79.6 Å². The van der Waals surface area contributed by atoms with Gasteiger partial charge in [-0.15, -0.1) is 0 Å². The molecule has 210 valence electrons. The first kappa shape index (κ1) is 27.6. The average molecular weight is 521 g/mol. The first-order chi connectivity index (χ1) is 17.1. The van der Waals surface area contributed by atoms with Gasteiger partial charge in [-0.1, -0.05) is 46.8 Å². The quantitative estimate of drug-likeness (QED) is 0.315. The molecule has 3 unspecified atom stereocenters. The molecule has 0 aliphatic heterocycles. The smallest absolute Gasteiger partial charge is 0.310 e. The molecule has 0 aromatic heterocycles. The predicted octanol–water partition coefficient (Wildman–Crippen LogP) is 2.98. The van der Waals surface area contributed by atoms with E-state index in [1.165, 1.54) is 0 Å². The normalized spacial score (nSPS) is 59.0. The van der Waals surface area contributed by atoms with Gasteiger partial charge in [0, 0.05) is 23.4 Å². The number of carbonyl (C=O) groups is 1. The van der Waals surface area contributed by atoms with Gasteiger partial charge in [-0.05, 0) is 79.4 Å². The molecule has 0 aromatic rings. The molecule has 4 saturated carbocycles. The topological polar surface area (TPSA) is 138 Å². The summed E-state index contributed by atoms with van der Waals surface area (Å²) in [6.45, 7) is 10.2. The summed E-state index contributed by atoms with van der Waals surface area (Å²) >= 11 is 0. The van der Waals surface area contributed by atoms with Crippen molar-refractivity contribution in [1.29, 1.82) is 0 Å². The van der Waals surface area contributed by atoms with Crippen LogP contribution >= 0.6 is 0 Å². The Labute approximate surface area is 221 Å². The van der Waals surface area contributed by atoms with Crippen molar-refractivity contribution in [1.82, 2.24) is 0 Å². The van der Waals surface area contributed by atoms with Crippen LogP contribution in [0.4, 0.5) is 0 Å². The van der Waals surface area contributed by atoms with E-state index in [4.69, 9.17) is 0 Å². The molecular formula is C30H48O7. The second-order valence-electron chi connectivity index (χ2n) is 14.7. The Bertz CT molecular complexity index is 983. The molecule has 0 bridgehead atoms. The zero-order valence-corrected chi connectivity index (χ0v) is 23.2. The van der Waals surface area contributed by atoms with Gasteiger partial charge >= 0.3 is 5.97 Å². The van der Waals surface area contributed by atoms with Gasteiger partial charge in [0.1, 0.15) is 0 Å². The SMILES string of the molecule is C[C@@H]1C2[C@](C(=O)O)(CC[C@H]1CO)CC[C@]1(C)[C@]2(O)C=CC2[C@@]3(C)C[C@@H](O)[C@H](O)[C@@](C)(CO)C3CC[C@]21C. The lowest BCUT2D eigenvalue weighted by atomic mass is 9.31. The van der Waals surface area contributed by atoms with Crippen LogP contribution in [0, 0.1) is 56.7 Å². The minimum absolute atomic E-state index is 0.00464. The largest absolute Gasteiger partial charge is 0.481 e. The molecule has 5 rings (SSSR count). The highest BCUT2D eigenvalue weighted by molar-refractivity contribution is 5.76. The Balaban J connectivity index is 1.66. The monoisotopic (exact) mass is 520 g/mol. The summed E-state index contributed by atoms with van der Waals surface area (Å²) in [5.41, 5.74) is -4.59. The molecule has 0 radical (unpaired) electrons. The fraction of sp³-hybridized carbons (Fsp3) is 0.900. The van der Waals surface area contributed by atoms with Crippen molar-refractivity contribution in [2.45, 2.75) is 97.4 Å². The summed E-state index contributed by atoms with van der Waals surface area (Å²) < 4.78 is 0. The van der Waals surface area contributed by atoms with Gasteiger partial charge < -0.3 is 30.6 Å². The van der Waals surface area contributed by atoms with Gasteiger partial charge in [0.05, 0.1) is 29.8 Å². The fourth-order valence-electron chi connectivity index (χ4n) is 11.3. The van der Waals surface area contributed by atoms with Crippen molar-refractivity contribution in [2.75, 3.05) is 13.2 Å². The summed E-state index contributed by atoms with van der Waals surface area (Å²) in [7, 11) is 0. The zero-order valence-electron chi connectivity index (χ0n) is 23.2. The number of hydrogen-bond acceptors (Lipinski definition) is 6.